The van der Waals surface area contributed by atoms with Crippen molar-refractivity contribution in [3.63, 3.8) is 0 Å². The van der Waals surface area contributed by atoms with Gasteiger partial charge in [0.2, 0.25) is 0 Å². The molecule has 4 nitrogen and oxygen atoms in total. The van der Waals surface area contributed by atoms with Crippen molar-refractivity contribution in [3.05, 3.63) is 11.9 Å². The van der Waals surface area contributed by atoms with Crippen molar-refractivity contribution in [2.75, 3.05) is 0 Å². The molecule has 5 heteroatoms. The highest BCUT2D eigenvalue weighted by Gasteiger charge is 2.05. The van der Waals surface area contributed by atoms with Crippen LogP contribution in [0.25, 0.3) is 0 Å². The van der Waals surface area contributed by atoms with E-state index in [-0.39, 0.29) is 5.92 Å². The lowest BCUT2D eigenvalue weighted by Gasteiger charge is -1.96. The fraction of sp³-hybridized carbons (Fsp3) is 0.500. The molecule has 2 N–H and O–H groups in total. The van der Waals surface area contributed by atoms with Crippen molar-refractivity contribution in [1.82, 2.24) is 0 Å². The van der Waals surface area contributed by atoms with Gasteiger partial charge < -0.3 is 14.6 Å². The van der Waals surface area contributed by atoms with Crippen LogP contribution in [0.2, 0.25) is 0 Å². The molecule has 11 heavy (non-hydrogen) atoms. The van der Waals surface area contributed by atoms with Gasteiger partial charge in [-0.2, -0.15) is 0 Å². The number of hydrogen-bond donors (Lipinski definition) is 2. The molecule has 0 saturated carbocycles. The summed E-state index contributed by atoms with van der Waals surface area (Å²) in [5.74, 6) is 0.630. The van der Waals surface area contributed by atoms with E-state index >= 15 is 0 Å². The molecule has 0 fully saturated rings. The van der Waals surface area contributed by atoms with Crippen LogP contribution >= 0.6 is 7.60 Å². The standard InChI is InChI=1S/C6H11O4P/c1-6(5-7)3-2-4-11(8,9)10/h2,4-6H,3H2,1H3,(H2,8,9,10). The second-order valence-corrected chi connectivity index (χ2v) is 3.80. The first-order valence-electron chi connectivity index (χ1n) is 3.14. The second-order valence-electron chi connectivity index (χ2n) is 2.32. The second kappa shape index (κ2) is 4.44. The van der Waals surface area contributed by atoms with E-state index in [9.17, 15) is 9.36 Å². The summed E-state index contributed by atoms with van der Waals surface area (Å²) in [6.07, 6.45) is 2.43. The first-order valence-corrected chi connectivity index (χ1v) is 4.82. The van der Waals surface area contributed by atoms with Crippen molar-refractivity contribution in [2.24, 2.45) is 5.92 Å². The number of hydrogen-bond acceptors (Lipinski definition) is 2. The Hall–Kier alpha value is -0.440. The summed E-state index contributed by atoms with van der Waals surface area (Å²) < 4.78 is 10.2. The van der Waals surface area contributed by atoms with E-state index in [1.165, 1.54) is 6.08 Å². The van der Waals surface area contributed by atoms with E-state index in [0.717, 1.165) is 12.1 Å². The molecule has 0 heterocycles. The molecule has 0 spiro atoms. The van der Waals surface area contributed by atoms with Crippen LogP contribution in [0.3, 0.4) is 0 Å². The van der Waals surface area contributed by atoms with Gasteiger partial charge in [0.25, 0.3) is 0 Å². The first kappa shape index (κ1) is 10.6. The van der Waals surface area contributed by atoms with Crippen LogP contribution in [0.15, 0.2) is 11.9 Å². The molecule has 0 bridgehead atoms. The molecule has 64 valence electrons. The van der Waals surface area contributed by atoms with Crippen LogP contribution in [-0.2, 0) is 9.36 Å². The Morgan fingerprint density at radius 3 is 2.45 bits per heavy atom. The zero-order valence-corrected chi connectivity index (χ0v) is 7.07. The number of carbonyl (C=O) groups excluding carboxylic acids is 1. The monoisotopic (exact) mass is 178 g/mol. The predicted molar refractivity (Wildman–Crippen MR) is 41.0 cm³/mol. The molecule has 0 aliphatic heterocycles. The van der Waals surface area contributed by atoms with Crippen LogP contribution in [0.5, 0.6) is 0 Å². The van der Waals surface area contributed by atoms with E-state index in [1.54, 1.807) is 6.92 Å². The molecule has 0 aliphatic carbocycles. The summed E-state index contributed by atoms with van der Waals surface area (Å²) in [7, 11) is -4.03. The van der Waals surface area contributed by atoms with Crippen molar-refractivity contribution in [3.8, 4) is 0 Å². The van der Waals surface area contributed by atoms with Crippen molar-refractivity contribution in [1.29, 1.82) is 0 Å². The minimum absolute atomic E-state index is 0.183. The van der Waals surface area contributed by atoms with E-state index in [2.05, 4.69) is 0 Å². The fourth-order valence-electron chi connectivity index (χ4n) is 0.468. The molecule has 0 aromatic rings. The van der Waals surface area contributed by atoms with Gasteiger partial charge in [0.1, 0.15) is 6.29 Å². The van der Waals surface area contributed by atoms with Gasteiger partial charge in [-0.15, -0.1) is 0 Å². The molecule has 0 aliphatic rings. The fourth-order valence-corrected chi connectivity index (χ4v) is 0.865. The minimum Gasteiger partial charge on any atom is -0.321 e. The summed E-state index contributed by atoms with van der Waals surface area (Å²) in [6.45, 7) is 1.68. The van der Waals surface area contributed by atoms with Gasteiger partial charge in [-0.3, -0.25) is 4.57 Å². The molecule has 0 amide bonds. The van der Waals surface area contributed by atoms with Crippen molar-refractivity contribution >= 4 is 13.9 Å². The van der Waals surface area contributed by atoms with Gasteiger partial charge in [-0.1, -0.05) is 13.0 Å². The van der Waals surface area contributed by atoms with Crippen LogP contribution in [0, 0.1) is 5.92 Å². The number of aldehydes is 1. The number of carbonyl (C=O) groups is 1. The Bertz CT molecular complexity index is 193. The van der Waals surface area contributed by atoms with Crippen LogP contribution in [0.1, 0.15) is 13.3 Å². The van der Waals surface area contributed by atoms with E-state index in [0.29, 0.717) is 6.42 Å². The normalized spacial score (nSPS) is 15.2. The summed E-state index contributed by atoms with van der Waals surface area (Å²) in [5.41, 5.74) is 0. The highest BCUT2D eigenvalue weighted by molar-refractivity contribution is 7.55. The Morgan fingerprint density at radius 2 is 2.09 bits per heavy atom. The van der Waals surface area contributed by atoms with E-state index < -0.39 is 7.60 Å². The zero-order chi connectivity index (χ0) is 8.91. The lowest BCUT2D eigenvalue weighted by Crippen LogP contribution is -1.91. The lowest BCUT2D eigenvalue weighted by molar-refractivity contribution is -0.110. The Labute approximate surface area is 65.1 Å². The third kappa shape index (κ3) is 7.46. The maximum atomic E-state index is 10.2. The molecule has 1 unspecified atom stereocenters. The number of allylic oxidation sites excluding steroid dienone is 1. The van der Waals surface area contributed by atoms with Gasteiger partial charge in [-0.05, 0) is 6.42 Å². The SMILES string of the molecule is CC(C=O)CC=CP(=O)(O)O. The molecule has 0 rings (SSSR count). The lowest BCUT2D eigenvalue weighted by atomic mass is 10.1. The zero-order valence-electron chi connectivity index (χ0n) is 6.17. The van der Waals surface area contributed by atoms with Crippen LogP contribution in [-0.4, -0.2) is 16.1 Å². The van der Waals surface area contributed by atoms with Gasteiger partial charge in [-0.25, -0.2) is 0 Å². The predicted octanol–water partition coefficient (Wildman–Crippen LogP) is 0.903. The Balaban J connectivity index is 3.79. The maximum Gasteiger partial charge on any atom is 0.348 e. The topological polar surface area (TPSA) is 74.6 Å². The molecular weight excluding hydrogens is 167 g/mol. The summed E-state index contributed by atoms with van der Waals surface area (Å²) in [6, 6.07) is 0. The summed E-state index contributed by atoms with van der Waals surface area (Å²) >= 11 is 0. The van der Waals surface area contributed by atoms with Gasteiger partial charge >= 0.3 is 7.60 Å². The molecule has 0 aromatic heterocycles. The first-order chi connectivity index (χ1) is 4.95. The van der Waals surface area contributed by atoms with Gasteiger partial charge in [0, 0.05) is 11.7 Å². The smallest absolute Gasteiger partial charge is 0.321 e. The van der Waals surface area contributed by atoms with Crippen LogP contribution < -0.4 is 0 Å². The van der Waals surface area contributed by atoms with Crippen molar-refractivity contribution in [2.45, 2.75) is 13.3 Å². The van der Waals surface area contributed by atoms with E-state index in [4.69, 9.17) is 9.79 Å². The average molecular weight is 178 g/mol. The number of rotatable bonds is 4. The van der Waals surface area contributed by atoms with Crippen LogP contribution in [0.4, 0.5) is 0 Å². The highest BCUT2D eigenvalue weighted by atomic mass is 31.2. The quantitative estimate of drug-likeness (QED) is 0.495. The van der Waals surface area contributed by atoms with E-state index in [1.807, 2.05) is 0 Å². The minimum atomic E-state index is -4.03. The Morgan fingerprint density at radius 1 is 1.55 bits per heavy atom. The largest absolute Gasteiger partial charge is 0.348 e. The molecular formula is C6H11O4P. The summed E-state index contributed by atoms with van der Waals surface area (Å²) in [4.78, 5) is 26.7. The molecule has 0 saturated heterocycles. The van der Waals surface area contributed by atoms with Gasteiger partial charge in [0.05, 0.1) is 0 Å². The molecule has 1 atom stereocenters. The third-order valence-electron chi connectivity index (χ3n) is 1.04. The highest BCUT2D eigenvalue weighted by Crippen LogP contribution is 2.36. The summed E-state index contributed by atoms with van der Waals surface area (Å²) in [5, 5.41) is 0. The van der Waals surface area contributed by atoms with Gasteiger partial charge in [0.15, 0.2) is 0 Å². The third-order valence-corrected chi connectivity index (χ3v) is 1.64. The Kier molecular flexibility index (Phi) is 4.26. The molecule has 0 aromatic carbocycles. The van der Waals surface area contributed by atoms with Crippen molar-refractivity contribution < 1.29 is 19.1 Å². The molecule has 0 radical (unpaired) electrons. The maximum absolute atomic E-state index is 10.2. The average Bonchev–Trinajstić information content (AvgIpc) is 1.85.